The van der Waals surface area contributed by atoms with Crippen LogP contribution in [0.5, 0.6) is 0 Å². The number of rotatable bonds is 3. The van der Waals surface area contributed by atoms with Crippen LogP contribution in [0.3, 0.4) is 0 Å². The lowest BCUT2D eigenvalue weighted by Crippen LogP contribution is -2.19. The SMILES string of the molecule is CN(C)c1ncnc2ccc(C=C3SC(=Nc4ccccc4)NC3=O)cc12. The third kappa shape index (κ3) is 3.68. The van der Waals surface area contributed by atoms with Crippen molar-refractivity contribution in [3.8, 4) is 0 Å². The molecule has 1 aromatic heterocycles. The number of aromatic nitrogens is 2. The second-order valence-electron chi connectivity index (χ2n) is 6.19. The topological polar surface area (TPSA) is 70.5 Å². The number of hydrogen-bond donors (Lipinski definition) is 1. The third-order valence-electron chi connectivity index (χ3n) is 4.00. The van der Waals surface area contributed by atoms with Gasteiger partial charge in [0.25, 0.3) is 5.91 Å². The van der Waals surface area contributed by atoms with Crippen LogP contribution in [0.2, 0.25) is 0 Å². The summed E-state index contributed by atoms with van der Waals surface area (Å²) < 4.78 is 0. The van der Waals surface area contributed by atoms with E-state index in [1.54, 1.807) is 6.33 Å². The molecule has 1 aliphatic heterocycles. The standard InChI is InChI=1S/C20H17N5OS/c1-25(2)18-15-10-13(8-9-16(15)21-12-22-18)11-17-19(26)24-20(27-17)23-14-6-4-3-5-7-14/h3-12H,1-2H3,(H,23,24,26). The quantitative estimate of drug-likeness (QED) is 0.709. The van der Waals surface area contributed by atoms with Gasteiger partial charge in [0.05, 0.1) is 16.1 Å². The second kappa shape index (κ2) is 7.20. The number of para-hydroxylation sites is 1. The van der Waals surface area contributed by atoms with Gasteiger partial charge in [-0.3, -0.25) is 4.79 Å². The van der Waals surface area contributed by atoms with Crippen molar-refractivity contribution < 1.29 is 4.79 Å². The van der Waals surface area contributed by atoms with E-state index in [4.69, 9.17) is 0 Å². The number of nitrogens with zero attached hydrogens (tertiary/aromatic N) is 4. The summed E-state index contributed by atoms with van der Waals surface area (Å²) in [5.74, 6) is 0.696. The van der Waals surface area contributed by atoms with Crippen molar-refractivity contribution in [2.24, 2.45) is 4.99 Å². The van der Waals surface area contributed by atoms with Crippen molar-refractivity contribution >= 4 is 51.3 Å². The van der Waals surface area contributed by atoms with E-state index in [1.807, 2.05) is 73.6 Å². The molecular formula is C20H17N5OS. The molecule has 2 heterocycles. The van der Waals surface area contributed by atoms with E-state index in [9.17, 15) is 4.79 Å². The zero-order valence-corrected chi connectivity index (χ0v) is 15.7. The molecule has 0 atom stereocenters. The molecule has 0 spiro atoms. The first-order chi connectivity index (χ1) is 13.1. The average Bonchev–Trinajstić information content (AvgIpc) is 3.00. The Hall–Kier alpha value is -3.19. The zero-order valence-electron chi connectivity index (χ0n) is 14.9. The van der Waals surface area contributed by atoms with Crippen LogP contribution < -0.4 is 10.2 Å². The zero-order chi connectivity index (χ0) is 18.8. The van der Waals surface area contributed by atoms with Gasteiger partial charge < -0.3 is 10.2 Å². The van der Waals surface area contributed by atoms with E-state index in [0.717, 1.165) is 28.0 Å². The highest BCUT2D eigenvalue weighted by atomic mass is 32.2. The van der Waals surface area contributed by atoms with Gasteiger partial charge in [-0.05, 0) is 47.7 Å². The molecule has 1 N–H and O–H groups in total. The van der Waals surface area contributed by atoms with Gasteiger partial charge in [0.1, 0.15) is 12.1 Å². The fraction of sp³-hybridized carbons (Fsp3) is 0.100. The molecular weight excluding hydrogens is 358 g/mol. The molecule has 0 unspecified atom stereocenters. The Bertz CT molecular complexity index is 1080. The van der Waals surface area contributed by atoms with Crippen LogP contribution in [0.25, 0.3) is 17.0 Å². The highest BCUT2D eigenvalue weighted by molar-refractivity contribution is 8.18. The summed E-state index contributed by atoms with van der Waals surface area (Å²) in [4.78, 5) is 28.0. The minimum absolute atomic E-state index is 0.146. The summed E-state index contributed by atoms with van der Waals surface area (Å²) in [6, 6.07) is 15.4. The summed E-state index contributed by atoms with van der Waals surface area (Å²) in [5.41, 5.74) is 2.59. The van der Waals surface area contributed by atoms with E-state index in [-0.39, 0.29) is 5.91 Å². The Balaban J connectivity index is 1.66. The van der Waals surface area contributed by atoms with Gasteiger partial charge in [-0.2, -0.15) is 0 Å². The van der Waals surface area contributed by atoms with Crippen LogP contribution >= 0.6 is 11.8 Å². The Morgan fingerprint density at radius 3 is 2.70 bits per heavy atom. The molecule has 27 heavy (non-hydrogen) atoms. The molecule has 7 heteroatoms. The lowest BCUT2D eigenvalue weighted by Gasteiger charge is -2.13. The Kier molecular flexibility index (Phi) is 4.60. The van der Waals surface area contributed by atoms with Gasteiger partial charge in [-0.25, -0.2) is 15.0 Å². The lowest BCUT2D eigenvalue weighted by atomic mass is 10.1. The van der Waals surface area contributed by atoms with Gasteiger partial charge in [-0.1, -0.05) is 24.3 Å². The number of benzene rings is 2. The van der Waals surface area contributed by atoms with Gasteiger partial charge in [0.2, 0.25) is 0 Å². The van der Waals surface area contributed by atoms with E-state index in [1.165, 1.54) is 11.8 Å². The first kappa shape index (κ1) is 17.2. The molecule has 4 rings (SSSR count). The van der Waals surface area contributed by atoms with Crippen molar-refractivity contribution in [2.45, 2.75) is 0 Å². The third-order valence-corrected chi connectivity index (χ3v) is 4.91. The smallest absolute Gasteiger partial charge is 0.264 e. The molecule has 1 fully saturated rings. The number of carbonyl (C=O) groups is 1. The molecule has 2 aromatic carbocycles. The largest absolute Gasteiger partial charge is 0.362 e. The number of amides is 1. The van der Waals surface area contributed by atoms with Crippen LogP contribution in [0.4, 0.5) is 11.5 Å². The monoisotopic (exact) mass is 375 g/mol. The Morgan fingerprint density at radius 1 is 1.11 bits per heavy atom. The summed E-state index contributed by atoms with van der Waals surface area (Å²) >= 11 is 1.33. The Morgan fingerprint density at radius 2 is 1.93 bits per heavy atom. The number of thioether (sulfide) groups is 1. The summed E-state index contributed by atoms with van der Waals surface area (Å²) in [5, 5.41) is 4.33. The van der Waals surface area contributed by atoms with Crippen molar-refractivity contribution in [1.29, 1.82) is 0 Å². The number of anilines is 1. The molecule has 0 saturated carbocycles. The average molecular weight is 375 g/mol. The number of carbonyl (C=O) groups excluding carboxylic acids is 1. The minimum atomic E-state index is -0.146. The molecule has 0 bridgehead atoms. The number of aliphatic imine (C=N–C) groups is 1. The van der Waals surface area contributed by atoms with E-state index < -0.39 is 0 Å². The number of hydrogen-bond acceptors (Lipinski definition) is 6. The highest BCUT2D eigenvalue weighted by Crippen LogP contribution is 2.29. The van der Waals surface area contributed by atoms with Gasteiger partial charge in [-0.15, -0.1) is 0 Å². The van der Waals surface area contributed by atoms with Gasteiger partial charge in [0.15, 0.2) is 5.17 Å². The van der Waals surface area contributed by atoms with Crippen LogP contribution in [0, 0.1) is 0 Å². The fourth-order valence-corrected chi connectivity index (χ4v) is 3.60. The maximum absolute atomic E-state index is 12.3. The summed E-state index contributed by atoms with van der Waals surface area (Å²) in [7, 11) is 3.89. The second-order valence-corrected chi connectivity index (χ2v) is 7.22. The van der Waals surface area contributed by atoms with Crippen molar-refractivity contribution in [3.63, 3.8) is 0 Å². The summed E-state index contributed by atoms with van der Waals surface area (Å²) in [6.07, 6.45) is 3.42. The fourth-order valence-electron chi connectivity index (χ4n) is 2.76. The first-order valence-electron chi connectivity index (χ1n) is 8.37. The van der Waals surface area contributed by atoms with Crippen LogP contribution in [-0.4, -0.2) is 35.1 Å². The van der Waals surface area contributed by atoms with Gasteiger partial charge >= 0.3 is 0 Å². The molecule has 3 aromatic rings. The number of amidine groups is 1. The molecule has 6 nitrogen and oxygen atoms in total. The van der Waals surface area contributed by atoms with Crippen LogP contribution in [0.1, 0.15) is 5.56 Å². The first-order valence-corrected chi connectivity index (χ1v) is 9.18. The van der Waals surface area contributed by atoms with Gasteiger partial charge in [0, 0.05) is 19.5 Å². The predicted molar refractivity (Wildman–Crippen MR) is 111 cm³/mol. The molecule has 1 aliphatic rings. The minimum Gasteiger partial charge on any atom is -0.362 e. The molecule has 0 radical (unpaired) electrons. The lowest BCUT2D eigenvalue weighted by molar-refractivity contribution is -0.115. The highest BCUT2D eigenvalue weighted by Gasteiger charge is 2.23. The molecule has 134 valence electrons. The maximum atomic E-state index is 12.3. The normalized spacial score (nSPS) is 16.9. The van der Waals surface area contributed by atoms with E-state index in [0.29, 0.717) is 10.1 Å². The Labute approximate surface area is 161 Å². The molecule has 1 saturated heterocycles. The summed E-state index contributed by atoms with van der Waals surface area (Å²) in [6.45, 7) is 0. The van der Waals surface area contributed by atoms with Crippen molar-refractivity contribution in [3.05, 3.63) is 65.3 Å². The van der Waals surface area contributed by atoms with Crippen molar-refractivity contribution in [2.75, 3.05) is 19.0 Å². The molecule has 1 amide bonds. The number of nitrogens with one attached hydrogen (secondary N) is 1. The maximum Gasteiger partial charge on any atom is 0.264 e. The van der Waals surface area contributed by atoms with Crippen molar-refractivity contribution in [1.82, 2.24) is 15.3 Å². The van der Waals surface area contributed by atoms with Crippen LogP contribution in [0.15, 0.2) is 64.8 Å². The predicted octanol–water partition coefficient (Wildman–Crippen LogP) is 3.59. The molecule has 0 aliphatic carbocycles. The van der Waals surface area contributed by atoms with E-state index >= 15 is 0 Å². The van der Waals surface area contributed by atoms with Crippen LogP contribution in [-0.2, 0) is 4.79 Å². The number of fused-ring (bicyclic) bond motifs is 1. The van der Waals surface area contributed by atoms with E-state index in [2.05, 4.69) is 20.3 Å².